The summed E-state index contributed by atoms with van der Waals surface area (Å²) in [5.41, 5.74) is -0.304. The van der Waals surface area contributed by atoms with Crippen LogP contribution in [0.25, 0.3) is 0 Å². The monoisotopic (exact) mass is 316 g/mol. The number of carboxylic acids is 1. The second-order valence-corrected chi connectivity index (χ2v) is 4.53. The van der Waals surface area contributed by atoms with Crippen molar-refractivity contribution >= 4 is 29.2 Å². The number of benzene rings is 1. The Morgan fingerprint density at radius 3 is 2.76 bits per heavy atom. The molecule has 21 heavy (non-hydrogen) atoms. The van der Waals surface area contributed by atoms with Crippen LogP contribution in [0.1, 0.15) is 13.3 Å². The molecule has 9 heteroatoms. The molecule has 0 aliphatic rings. The zero-order chi connectivity index (χ0) is 16.0. The van der Waals surface area contributed by atoms with Crippen LogP contribution in [-0.4, -0.2) is 34.6 Å². The van der Waals surface area contributed by atoms with E-state index >= 15 is 0 Å². The highest BCUT2D eigenvalue weighted by Gasteiger charge is 2.17. The van der Waals surface area contributed by atoms with Crippen LogP contribution in [0.15, 0.2) is 18.2 Å². The Labute approximate surface area is 124 Å². The summed E-state index contributed by atoms with van der Waals surface area (Å²) in [5.74, 6) is -1.69. The smallest absolute Gasteiger partial charge is 0.325 e. The van der Waals surface area contributed by atoms with E-state index in [-0.39, 0.29) is 29.5 Å². The van der Waals surface area contributed by atoms with Gasteiger partial charge in [-0.05, 0) is 19.1 Å². The van der Waals surface area contributed by atoms with Gasteiger partial charge in [0, 0.05) is 11.1 Å². The number of nitrogens with one attached hydrogen (secondary N) is 1. The summed E-state index contributed by atoms with van der Waals surface area (Å²) in [5, 5.41) is 21.9. The van der Waals surface area contributed by atoms with Crippen molar-refractivity contribution in [2.24, 2.45) is 0 Å². The Bertz CT molecular complexity index is 563. The zero-order valence-electron chi connectivity index (χ0n) is 11.0. The fraction of sp³-hybridized carbons (Fsp3) is 0.333. The maximum Gasteiger partial charge on any atom is 0.325 e. The number of carboxylic acid groups (broad SMARTS) is 1. The molecule has 0 saturated heterocycles. The first-order chi connectivity index (χ1) is 9.81. The first-order valence-electron chi connectivity index (χ1n) is 5.90. The quantitative estimate of drug-likeness (QED) is 0.582. The lowest BCUT2D eigenvalue weighted by Crippen LogP contribution is -2.38. The Morgan fingerprint density at radius 2 is 2.19 bits per heavy atom. The van der Waals surface area contributed by atoms with Crippen LogP contribution in [0.2, 0.25) is 5.02 Å². The second kappa shape index (κ2) is 7.44. The molecule has 1 unspecified atom stereocenters. The van der Waals surface area contributed by atoms with Gasteiger partial charge in [-0.1, -0.05) is 11.6 Å². The standard InChI is InChI=1S/C12H13ClN2O6/c1-7(12(17)18)14-11(16)4-5-21-10-3-2-8(13)6-9(10)15(19)20/h2-3,6-7H,4-5H2,1H3,(H,14,16)(H,17,18). The molecule has 114 valence electrons. The third-order valence-electron chi connectivity index (χ3n) is 2.45. The van der Waals surface area contributed by atoms with Crippen LogP contribution in [-0.2, 0) is 9.59 Å². The molecule has 1 aromatic carbocycles. The molecular weight excluding hydrogens is 304 g/mol. The van der Waals surface area contributed by atoms with Gasteiger partial charge >= 0.3 is 11.7 Å². The van der Waals surface area contributed by atoms with E-state index in [9.17, 15) is 19.7 Å². The molecular formula is C12H13ClN2O6. The van der Waals surface area contributed by atoms with E-state index in [4.69, 9.17) is 21.4 Å². The minimum absolute atomic E-state index is 0.0107. The molecule has 8 nitrogen and oxygen atoms in total. The van der Waals surface area contributed by atoms with Gasteiger partial charge in [-0.15, -0.1) is 0 Å². The van der Waals surface area contributed by atoms with E-state index in [0.717, 1.165) is 6.07 Å². The summed E-state index contributed by atoms with van der Waals surface area (Å²) < 4.78 is 5.16. The van der Waals surface area contributed by atoms with Crippen LogP contribution in [0.3, 0.4) is 0 Å². The maximum absolute atomic E-state index is 11.4. The number of carbonyl (C=O) groups excluding carboxylic acids is 1. The molecule has 0 spiro atoms. The minimum Gasteiger partial charge on any atom is -0.486 e. The SMILES string of the molecule is CC(NC(=O)CCOc1ccc(Cl)cc1[N+](=O)[O-])C(=O)O. The number of rotatable bonds is 7. The average Bonchev–Trinajstić information content (AvgIpc) is 2.39. The summed E-state index contributed by atoms with van der Waals surface area (Å²) >= 11 is 5.65. The van der Waals surface area contributed by atoms with Crippen molar-refractivity contribution in [3.63, 3.8) is 0 Å². The van der Waals surface area contributed by atoms with E-state index in [2.05, 4.69) is 5.32 Å². The Hall–Kier alpha value is -2.35. The summed E-state index contributed by atoms with van der Waals surface area (Å²) in [4.78, 5) is 32.1. The molecule has 0 aliphatic carbocycles. The Kier molecular flexibility index (Phi) is 5.92. The third-order valence-corrected chi connectivity index (χ3v) is 2.69. The summed E-state index contributed by atoms with van der Waals surface area (Å²) in [6.07, 6.45) is -0.128. The number of halogens is 1. The third kappa shape index (κ3) is 5.27. The van der Waals surface area contributed by atoms with Gasteiger partial charge < -0.3 is 15.2 Å². The first kappa shape index (κ1) is 16.7. The van der Waals surface area contributed by atoms with Gasteiger partial charge in [-0.25, -0.2) is 0 Å². The summed E-state index contributed by atoms with van der Waals surface area (Å²) in [6, 6.07) is 2.89. The Balaban J connectivity index is 2.55. The molecule has 1 amide bonds. The molecule has 0 radical (unpaired) electrons. The minimum atomic E-state index is -1.15. The number of hydrogen-bond donors (Lipinski definition) is 2. The molecule has 1 aromatic rings. The van der Waals surface area contributed by atoms with Crippen molar-refractivity contribution in [2.45, 2.75) is 19.4 Å². The van der Waals surface area contributed by atoms with Crippen molar-refractivity contribution in [1.82, 2.24) is 5.32 Å². The van der Waals surface area contributed by atoms with Crippen LogP contribution >= 0.6 is 11.6 Å². The number of aliphatic carboxylic acids is 1. The predicted octanol–water partition coefficient (Wildman–Crippen LogP) is 1.61. The molecule has 2 N–H and O–H groups in total. The van der Waals surface area contributed by atoms with Gasteiger partial charge in [0.15, 0.2) is 5.75 Å². The lowest BCUT2D eigenvalue weighted by Gasteiger charge is -2.10. The van der Waals surface area contributed by atoms with Crippen molar-refractivity contribution in [2.75, 3.05) is 6.61 Å². The molecule has 0 aromatic heterocycles. The number of hydrogen-bond acceptors (Lipinski definition) is 5. The van der Waals surface area contributed by atoms with Gasteiger partial charge in [-0.2, -0.15) is 0 Å². The fourth-order valence-corrected chi connectivity index (χ4v) is 1.55. The van der Waals surface area contributed by atoms with E-state index in [1.54, 1.807) is 0 Å². The maximum atomic E-state index is 11.4. The van der Waals surface area contributed by atoms with Gasteiger partial charge in [0.25, 0.3) is 0 Å². The molecule has 0 fully saturated rings. The number of carbonyl (C=O) groups is 2. The first-order valence-corrected chi connectivity index (χ1v) is 6.28. The second-order valence-electron chi connectivity index (χ2n) is 4.10. The number of ether oxygens (including phenoxy) is 1. The van der Waals surface area contributed by atoms with E-state index < -0.39 is 22.8 Å². The lowest BCUT2D eigenvalue weighted by molar-refractivity contribution is -0.385. The highest BCUT2D eigenvalue weighted by molar-refractivity contribution is 6.30. The Morgan fingerprint density at radius 1 is 1.52 bits per heavy atom. The molecule has 0 bridgehead atoms. The number of nitro benzene ring substituents is 1. The molecule has 0 saturated carbocycles. The van der Waals surface area contributed by atoms with Crippen LogP contribution < -0.4 is 10.1 Å². The predicted molar refractivity (Wildman–Crippen MR) is 73.5 cm³/mol. The van der Waals surface area contributed by atoms with Gasteiger partial charge in [0.05, 0.1) is 18.0 Å². The molecule has 1 atom stereocenters. The van der Waals surface area contributed by atoms with E-state index in [0.29, 0.717) is 0 Å². The zero-order valence-corrected chi connectivity index (χ0v) is 11.8. The van der Waals surface area contributed by atoms with E-state index in [1.165, 1.54) is 19.1 Å². The fourth-order valence-electron chi connectivity index (χ4n) is 1.38. The van der Waals surface area contributed by atoms with Crippen LogP contribution in [0.5, 0.6) is 5.75 Å². The number of nitrogens with zero attached hydrogens (tertiary/aromatic N) is 1. The van der Waals surface area contributed by atoms with Crippen molar-refractivity contribution in [3.8, 4) is 5.75 Å². The summed E-state index contributed by atoms with van der Waals surface area (Å²) in [6.45, 7) is 1.20. The van der Waals surface area contributed by atoms with Crippen molar-refractivity contribution in [1.29, 1.82) is 0 Å². The lowest BCUT2D eigenvalue weighted by atomic mass is 10.3. The highest BCUT2D eigenvalue weighted by Crippen LogP contribution is 2.29. The van der Waals surface area contributed by atoms with E-state index in [1.807, 2.05) is 0 Å². The molecule has 0 heterocycles. The average molecular weight is 317 g/mol. The number of amides is 1. The number of nitro groups is 1. The van der Waals surface area contributed by atoms with Crippen LogP contribution in [0, 0.1) is 10.1 Å². The van der Waals surface area contributed by atoms with Crippen molar-refractivity contribution < 1.29 is 24.4 Å². The summed E-state index contributed by atoms with van der Waals surface area (Å²) in [7, 11) is 0. The normalized spacial score (nSPS) is 11.5. The van der Waals surface area contributed by atoms with Crippen molar-refractivity contribution in [3.05, 3.63) is 33.3 Å². The topological polar surface area (TPSA) is 119 Å². The largest absolute Gasteiger partial charge is 0.486 e. The highest BCUT2D eigenvalue weighted by atomic mass is 35.5. The van der Waals surface area contributed by atoms with Crippen LogP contribution in [0.4, 0.5) is 5.69 Å². The van der Waals surface area contributed by atoms with Gasteiger partial charge in [0.1, 0.15) is 6.04 Å². The molecule has 0 aliphatic heterocycles. The van der Waals surface area contributed by atoms with Gasteiger partial charge in [0.2, 0.25) is 5.91 Å². The van der Waals surface area contributed by atoms with Gasteiger partial charge in [-0.3, -0.25) is 19.7 Å². The molecule has 1 rings (SSSR count).